The largest absolute Gasteiger partial charge is 0.493 e. The zero-order valence-corrected chi connectivity index (χ0v) is 12.6. The number of ether oxygens (including phenoxy) is 2. The molecule has 0 saturated carbocycles. The molecule has 0 saturated heterocycles. The van der Waals surface area contributed by atoms with Gasteiger partial charge in [-0.25, -0.2) is 10.5 Å². The van der Waals surface area contributed by atoms with E-state index in [0.717, 1.165) is 5.56 Å². The number of anilines is 1. The molecule has 2 rings (SSSR count). The van der Waals surface area contributed by atoms with Gasteiger partial charge < -0.3 is 20.4 Å². The number of nitrogens with zero attached hydrogens (tertiary/aromatic N) is 3. The molecule has 0 fully saturated rings. The summed E-state index contributed by atoms with van der Waals surface area (Å²) in [5.74, 6) is 6.99. The number of nitrogen functional groups attached to an aromatic ring is 1. The topological polar surface area (TPSA) is 123 Å². The molecular formula is C12H16N6O3S. The Balaban J connectivity index is 2.07. The zero-order chi connectivity index (χ0) is 15.9. The number of aromatic nitrogens is 3. The van der Waals surface area contributed by atoms with Crippen LogP contribution in [0.2, 0.25) is 0 Å². The minimum Gasteiger partial charge on any atom is -0.493 e. The molecule has 10 heteroatoms. The molecular weight excluding hydrogens is 308 g/mol. The lowest BCUT2D eigenvalue weighted by Gasteiger charge is -2.10. The molecule has 0 radical (unpaired) electrons. The molecule has 5 N–H and O–H groups in total. The second-order valence-corrected chi connectivity index (χ2v) is 4.46. The Bertz CT molecular complexity index is 711. The average molecular weight is 324 g/mol. The summed E-state index contributed by atoms with van der Waals surface area (Å²) in [4.78, 5) is 0. The third-order valence-corrected chi connectivity index (χ3v) is 2.91. The van der Waals surface area contributed by atoms with Crippen molar-refractivity contribution in [2.75, 3.05) is 31.6 Å². The second kappa shape index (κ2) is 7.43. The highest BCUT2D eigenvalue weighted by Crippen LogP contribution is 2.27. The Morgan fingerprint density at radius 2 is 2.36 bits per heavy atom. The first-order valence-corrected chi connectivity index (χ1v) is 6.69. The number of hydrogen-bond acceptors (Lipinski definition) is 8. The Labute approximate surface area is 131 Å². The predicted molar refractivity (Wildman–Crippen MR) is 84.4 cm³/mol. The number of nitrogens with two attached hydrogens (primary N) is 1. The van der Waals surface area contributed by atoms with Crippen LogP contribution in [0.1, 0.15) is 5.56 Å². The van der Waals surface area contributed by atoms with Gasteiger partial charge in [-0.05, 0) is 36.0 Å². The first-order valence-electron chi connectivity index (χ1n) is 6.29. The number of aromatic amines is 1. The quantitative estimate of drug-likeness (QED) is 0.253. The number of H-pyrrole nitrogens is 1. The van der Waals surface area contributed by atoms with Gasteiger partial charge in [0.05, 0.1) is 19.9 Å². The molecule has 1 aromatic heterocycles. The number of methoxy groups -OCH3 is 1. The van der Waals surface area contributed by atoms with Crippen LogP contribution in [-0.2, 0) is 0 Å². The second-order valence-electron chi connectivity index (χ2n) is 4.07. The summed E-state index contributed by atoms with van der Waals surface area (Å²) >= 11 is 4.88. The lowest BCUT2D eigenvalue weighted by atomic mass is 10.2. The van der Waals surface area contributed by atoms with E-state index in [1.807, 2.05) is 0 Å². The highest BCUT2D eigenvalue weighted by Gasteiger charge is 2.05. The SMILES string of the molecule is COc1cc(/C=N\Nc2n[nH]c(=S)n2N)ccc1OCCO. The van der Waals surface area contributed by atoms with Gasteiger partial charge >= 0.3 is 0 Å². The van der Waals surface area contributed by atoms with Gasteiger partial charge in [0.1, 0.15) is 6.61 Å². The average Bonchev–Trinajstić information content (AvgIpc) is 2.85. The van der Waals surface area contributed by atoms with Crippen LogP contribution in [-0.4, -0.2) is 46.5 Å². The van der Waals surface area contributed by atoms with E-state index >= 15 is 0 Å². The van der Waals surface area contributed by atoms with E-state index in [-0.39, 0.29) is 23.9 Å². The van der Waals surface area contributed by atoms with Gasteiger partial charge in [-0.3, -0.25) is 0 Å². The fraction of sp³-hybridized carbons (Fsp3) is 0.250. The van der Waals surface area contributed by atoms with Crippen LogP contribution >= 0.6 is 12.2 Å². The van der Waals surface area contributed by atoms with Crippen LogP contribution < -0.4 is 20.7 Å². The number of benzene rings is 1. The van der Waals surface area contributed by atoms with Gasteiger partial charge in [0.25, 0.3) is 5.95 Å². The molecule has 1 aromatic carbocycles. The number of nitrogens with one attached hydrogen (secondary N) is 2. The minimum absolute atomic E-state index is 0.0656. The lowest BCUT2D eigenvalue weighted by Crippen LogP contribution is -2.11. The first kappa shape index (κ1) is 15.8. The molecule has 22 heavy (non-hydrogen) atoms. The molecule has 0 aliphatic carbocycles. The molecule has 1 heterocycles. The molecule has 0 spiro atoms. The van der Waals surface area contributed by atoms with Crippen molar-refractivity contribution in [1.29, 1.82) is 0 Å². The number of aliphatic hydroxyl groups is 1. The van der Waals surface area contributed by atoms with Crippen LogP contribution in [0.15, 0.2) is 23.3 Å². The van der Waals surface area contributed by atoms with Crippen molar-refractivity contribution in [2.45, 2.75) is 0 Å². The van der Waals surface area contributed by atoms with Crippen molar-refractivity contribution < 1.29 is 14.6 Å². The molecule has 0 bridgehead atoms. The zero-order valence-electron chi connectivity index (χ0n) is 11.8. The smallest absolute Gasteiger partial charge is 0.262 e. The van der Waals surface area contributed by atoms with Crippen molar-refractivity contribution in [2.24, 2.45) is 5.10 Å². The van der Waals surface area contributed by atoms with Crippen molar-refractivity contribution in [1.82, 2.24) is 14.9 Å². The van der Waals surface area contributed by atoms with Gasteiger partial charge in [-0.1, -0.05) is 0 Å². The lowest BCUT2D eigenvalue weighted by molar-refractivity contribution is 0.196. The Kier molecular flexibility index (Phi) is 5.33. The summed E-state index contributed by atoms with van der Waals surface area (Å²) in [7, 11) is 1.53. The number of rotatable bonds is 7. The number of hydrogen-bond donors (Lipinski definition) is 4. The molecule has 0 amide bonds. The molecule has 0 aliphatic rings. The van der Waals surface area contributed by atoms with Crippen LogP contribution in [0.3, 0.4) is 0 Å². The normalized spacial score (nSPS) is 10.8. The number of hydrazone groups is 1. The third kappa shape index (κ3) is 3.74. The maximum Gasteiger partial charge on any atom is 0.262 e. The Hall–Kier alpha value is -2.59. The van der Waals surface area contributed by atoms with Crippen molar-refractivity contribution in [3.63, 3.8) is 0 Å². The van der Waals surface area contributed by atoms with E-state index in [1.165, 1.54) is 11.8 Å². The van der Waals surface area contributed by atoms with Gasteiger partial charge in [0.2, 0.25) is 4.77 Å². The summed E-state index contributed by atoms with van der Waals surface area (Å²) in [6, 6.07) is 5.27. The monoisotopic (exact) mass is 324 g/mol. The highest BCUT2D eigenvalue weighted by atomic mass is 32.1. The maximum absolute atomic E-state index is 8.77. The number of aliphatic hydroxyl groups excluding tert-OH is 1. The third-order valence-electron chi connectivity index (χ3n) is 2.62. The molecule has 2 aromatic rings. The Morgan fingerprint density at radius 3 is 3.00 bits per heavy atom. The van der Waals surface area contributed by atoms with E-state index in [0.29, 0.717) is 11.5 Å². The minimum atomic E-state index is -0.0656. The summed E-state index contributed by atoms with van der Waals surface area (Å²) < 4.78 is 12.0. The molecule has 118 valence electrons. The van der Waals surface area contributed by atoms with E-state index in [1.54, 1.807) is 24.4 Å². The van der Waals surface area contributed by atoms with Gasteiger partial charge in [0.15, 0.2) is 11.5 Å². The van der Waals surface area contributed by atoms with Crippen LogP contribution in [0.4, 0.5) is 5.95 Å². The molecule has 0 aliphatic heterocycles. The highest BCUT2D eigenvalue weighted by molar-refractivity contribution is 7.71. The fourth-order valence-corrected chi connectivity index (χ4v) is 1.72. The van der Waals surface area contributed by atoms with Crippen LogP contribution in [0, 0.1) is 4.77 Å². The van der Waals surface area contributed by atoms with E-state index in [9.17, 15) is 0 Å². The van der Waals surface area contributed by atoms with E-state index < -0.39 is 0 Å². The van der Waals surface area contributed by atoms with E-state index in [4.69, 9.17) is 32.6 Å². The van der Waals surface area contributed by atoms with Gasteiger partial charge in [0, 0.05) is 0 Å². The summed E-state index contributed by atoms with van der Waals surface area (Å²) in [5.41, 5.74) is 3.44. The molecule has 9 nitrogen and oxygen atoms in total. The summed E-state index contributed by atoms with van der Waals surface area (Å²) in [6.45, 7) is 0.133. The standard InChI is InChI=1S/C12H16N6O3S/c1-20-10-6-8(2-3-9(10)21-5-4-19)7-14-15-11-16-17-12(22)18(11)13/h2-3,6-7,19H,4-5,13H2,1H3,(H,15,16)(H,17,22)/b14-7-. The Morgan fingerprint density at radius 1 is 1.55 bits per heavy atom. The van der Waals surface area contributed by atoms with E-state index in [2.05, 4.69) is 20.7 Å². The van der Waals surface area contributed by atoms with Crippen LogP contribution in [0.25, 0.3) is 0 Å². The summed E-state index contributed by atoms with van der Waals surface area (Å²) in [6.07, 6.45) is 1.57. The van der Waals surface area contributed by atoms with Crippen molar-refractivity contribution >= 4 is 24.4 Å². The maximum atomic E-state index is 8.77. The first-order chi connectivity index (χ1) is 10.7. The van der Waals surface area contributed by atoms with Gasteiger partial charge in [-0.2, -0.15) is 9.78 Å². The predicted octanol–water partition coefficient (Wildman–Crippen LogP) is 0.480. The van der Waals surface area contributed by atoms with Crippen molar-refractivity contribution in [3.05, 3.63) is 28.5 Å². The fourth-order valence-electron chi connectivity index (χ4n) is 1.59. The molecule has 0 unspecified atom stereocenters. The molecule has 0 atom stereocenters. The summed E-state index contributed by atoms with van der Waals surface area (Å²) in [5, 5.41) is 19.2. The van der Waals surface area contributed by atoms with Gasteiger partial charge in [-0.15, -0.1) is 5.10 Å². The van der Waals surface area contributed by atoms with Crippen molar-refractivity contribution in [3.8, 4) is 11.5 Å². The van der Waals surface area contributed by atoms with Crippen LogP contribution in [0.5, 0.6) is 11.5 Å².